The van der Waals surface area contributed by atoms with Crippen LogP contribution in [0.3, 0.4) is 0 Å². The van der Waals surface area contributed by atoms with E-state index in [1.54, 1.807) is 4.57 Å². The Morgan fingerprint density at radius 3 is 2.89 bits per heavy atom. The summed E-state index contributed by atoms with van der Waals surface area (Å²) in [4.78, 5) is 29.7. The molecule has 0 spiro atoms. The summed E-state index contributed by atoms with van der Waals surface area (Å²) in [5.41, 5.74) is -0.0308. The van der Waals surface area contributed by atoms with Gasteiger partial charge in [0.15, 0.2) is 0 Å². The number of aromatic nitrogens is 2. The maximum absolute atomic E-state index is 12.3. The molecule has 2 rings (SSSR count). The summed E-state index contributed by atoms with van der Waals surface area (Å²) < 4.78 is 6.20. The van der Waals surface area contributed by atoms with Crippen molar-refractivity contribution in [2.24, 2.45) is 0 Å². The Hall–Kier alpha value is -1.69. The van der Waals surface area contributed by atoms with Crippen LogP contribution in [0.25, 0.3) is 10.2 Å². The summed E-state index contributed by atoms with van der Waals surface area (Å²) >= 11 is 1.52. The Morgan fingerprint density at radius 1 is 1.47 bits per heavy atom. The summed E-state index contributed by atoms with van der Waals surface area (Å²) in [5, 5.41) is 0.658. The molecule has 2 heterocycles. The Kier molecular flexibility index (Phi) is 3.99. The molecule has 0 fully saturated rings. The first-order valence-electron chi connectivity index (χ1n) is 6.07. The molecule has 0 aliphatic heterocycles. The van der Waals surface area contributed by atoms with Gasteiger partial charge in [0.1, 0.15) is 10.7 Å². The van der Waals surface area contributed by atoms with Gasteiger partial charge in [0.05, 0.1) is 12.5 Å². The first kappa shape index (κ1) is 13.7. The third kappa shape index (κ3) is 2.84. The molecule has 0 aliphatic rings. The molecule has 0 N–H and O–H groups in total. The molecule has 0 aliphatic carbocycles. The first-order valence-corrected chi connectivity index (χ1v) is 6.89. The van der Waals surface area contributed by atoms with Gasteiger partial charge in [0.2, 0.25) is 0 Å². The third-order valence-electron chi connectivity index (χ3n) is 2.96. The molecule has 5 nitrogen and oxygen atoms in total. The third-order valence-corrected chi connectivity index (χ3v) is 3.90. The second-order valence-corrected chi connectivity index (χ2v) is 5.61. The summed E-state index contributed by atoms with van der Waals surface area (Å²) in [6, 6.07) is 1.87. The molecule has 0 saturated carbocycles. The highest BCUT2D eigenvalue weighted by molar-refractivity contribution is 7.18. The molecule has 6 heteroatoms. The monoisotopic (exact) mass is 280 g/mol. The lowest BCUT2D eigenvalue weighted by Gasteiger charge is -2.08. The second kappa shape index (κ2) is 5.52. The average molecular weight is 280 g/mol. The number of carbonyl (C=O) groups excluding carboxylic acids is 1. The van der Waals surface area contributed by atoms with E-state index in [0.29, 0.717) is 30.6 Å². The number of aryl methyl sites for hydroxylation is 2. The predicted molar refractivity (Wildman–Crippen MR) is 74.6 cm³/mol. The number of methoxy groups -OCH3 is 1. The first-order chi connectivity index (χ1) is 9.02. The van der Waals surface area contributed by atoms with E-state index in [0.717, 1.165) is 9.71 Å². The van der Waals surface area contributed by atoms with E-state index in [1.165, 1.54) is 18.4 Å². The number of esters is 1. The van der Waals surface area contributed by atoms with Gasteiger partial charge in [-0.05, 0) is 26.3 Å². The van der Waals surface area contributed by atoms with Crippen LogP contribution in [0.2, 0.25) is 0 Å². The zero-order valence-electron chi connectivity index (χ0n) is 11.2. The summed E-state index contributed by atoms with van der Waals surface area (Å²) in [6.45, 7) is 4.26. The van der Waals surface area contributed by atoms with Gasteiger partial charge in [-0.2, -0.15) is 0 Å². The summed E-state index contributed by atoms with van der Waals surface area (Å²) in [6.07, 6.45) is 0.882. The van der Waals surface area contributed by atoms with Crippen LogP contribution >= 0.6 is 11.3 Å². The molecule has 0 bridgehead atoms. The number of hydrogen-bond acceptors (Lipinski definition) is 5. The van der Waals surface area contributed by atoms with Crippen LogP contribution < -0.4 is 5.56 Å². The molecule has 0 saturated heterocycles. The number of ether oxygens (including phenoxy) is 1. The molecular formula is C13H16N2O3S. The van der Waals surface area contributed by atoms with Crippen LogP contribution in [-0.4, -0.2) is 22.6 Å². The van der Waals surface area contributed by atoms with Crippen molar-refractivity contribution in [2.75, 3.05) is 7.11 Å². The van der Waals surface area contributed by atoms with Gasteiger partial charge >= 0.3 is 5.97 Å². The van der Waals surface area contributed by atoms with Gasteiger partial charge in [0, 0.05) is 17.8 Å². The Morgan fingerprint density at radius 2 is 2.21 bits per heavy atom. The molecule has 2 aromatic heterocycles. The lowest BCUT2D eigenvalue weighted by Crippen LogP contribution is -2.23. The maximum Gasteiger partial charge on any atom is 0.305 e. The van der Waals surface area contributed by atoms with Crippen LogP contribution in [0.15, 0.2) is 10.9 Å². The van der Waals surface area contributed by atoms with E-state index in [9.17, 15) is 9.59 Å². The summed E-state index contributed by atoms with van der Waals surface area (Å²) in [5.74, 6) is 0.426. The number of carbonyl (C=O) groups is 1. The van der Waals surface area contributed by atoms with E-state index < -0.39 is 0 Å². The van der Waals surface area contributed by atoms with E-state index >= 15 is 0 Å². The zero-order valence-corrected chi connectivity index (χ0v) is 12.0. The predicted octanol–water partition coefficient (Wildman–Crippen LogP) is 2.03. The molecule has 0 unspecified atom stereocenters. The average Bonchev–Trinajstić information content (AvgIpc) is 2.73. The van der Waals surface area contributed by atoms with Gasteiger partial charge in [-0.1, -0.05) is 0 Å². The Bertz CT molecular complexity index is 672. The lowest BCUT2D eigenvalue weighted by atomic mass is 10.3. The fourth-order valence-corrected chi connectivity index (χ4v) is 2.90. The molecule has 2 aromatic rings. The van der Waals surface area contributed by atoms with Gasteiger partial charge in [-0.25, -0.2) is 4.98 Å². The summed E-state index contributed by atoms with van der Waals surface area (Å²) in [7, 11) is 1.36. The van der Waals surface area contributed by atoms with Gasteiger partial charge in [-0.3, -0.25) is 14.2 Å². The number of rotatable bonds is 4. The standard InChI is InChI=1S/C13H16N2O3S/c1-8-7-10-12(19-8)14-9(2)15(13(10)17)6-4-5-11(16)18-3/h7H,4-6H2,1-3H3. The van der Waals surface area contributed by atoms with E-state index in [-0.39, 0.29) is 11.5 Å². The van der Waals surface area contributed by atoms with Crippen molar-refractivity contribution >= 4 is 27.5 Å². The van der Waals surface area contributed by atoms with Crippen molar-refractivity contribution in [3.8, 4) is 0 Å². The topological polar surface area (TPSA) is 61.2 Å². The zero-order chi connectivity index (χ0) is 14.0. The molecule has 0 radical (unpaired) electrons. The number of fused-ring (bicyclic) bond motifs is 1. The Labute approximate surface area is 114 Å². The van der Waals surface area contributed by atoms with Crippen LogP contribution in [-0.2, 0) is 16.1 Å². The van der Waals surface area contributed by atoms with E-state index in [4.69, 9.17) is 0 Å². The minimum Gasteiger partial charge on any atom is -0.469 e. The fraction of sp³-hybridized carbons (Fsp3) is 0.462. The molecule has 0 aromatic carbocycles. The van der Waals surface area contributed by atoms with Gasteiger partial charge < -0.3 is 4.74 Å². The quantitative estimate of drug-likeness (QED) is 0.804. The van der Waals surface area contributed by atoms with Crippen molar-refractivity contribution in [2.45, 2.75) is 33.2 Å². The molecule has 102 valence electrons. The van der Waals surface area contributed by atoms with Gasteiger partial charge in [0.25, 0.3) is 5.56 Å². The minimum absolute atomic E-state index is 0.0308. The van der Waals surface area contributed by atoms with Crippen LogP contribution in [0.1, 0.15) is 23.5 Å². The van der Waals surface area contributed by atoms with Crippen molar-refractivity contribution in [3.63, 3.8) is 0 Å². The smallest absolute Gasteiger partial charge is 0.305 e. The molecule has 19 heavy (non-hydrogen) atoms. The SMILES string of the molecule is COC(=O)CCCn1c(C)nc2sc(C)cc2c1=O. The van der Waals surface area contributed by atoms with Crippen LogP contribution in [0.4, 0.5) is 0 Å². The highest BCUT2D eigenvalue weighted by atomic mass is 32.1. The maximum atomic E-state index is 12.3. The molecular weight excluding hydrogens is 264 g/mol. The largest absolute Gasteiger partial charge is 0.469 e. The van der Waals surface area contributed by atoms with E-state index in [1.807, 2.05) is 19.9 Å². The molecule has 0 amide bonds. The van der Waals surface area contributed by atoms with E-state index in [2.05, 4.69) is 9.72 Å². The fourth-order valence-electron chi connectivity index (χ4n) is 1.98. The lowest BCUT2D eigenvalue weighted by molar-refractivity contribution is -0.140. The van der Waals surface area contributed by atoms with Crippen LogP contribution in [0, 0.1) is 13.8 Å². The highest BCUT2D eigenvalue weighted by Crippen LogP contribution is 2.20. The second-order valence-electron chi connectivity index (χ2n) is 4.37. The number of thiophene rings is 1. The van der Waals surface area contributed by atoms with Crippen molar-refractivity contribution in [3.05, 3.63) is 27.1 Å². The van der Waals surface area contributed by atoms with Crippen molar-refractivity contribution in [1.29, 1.82) is 0 Å². The van der Waals surface area contributed by atoms with Crippen LogP contribution in [0.5, 0.6) is 0 Å². The van der Waals surface area contributed by atoms with Gasteiger partial charge in [-0.15, -0.1) is 11.3 Å². The molecule has 0 atom stereocenters. The van der Waals surface area contributed by atoms with Crippen molar-refractivity contribution in [1.82, 2.24) is 9.55 Å². The normalized spacial score (nSPS) is 10.9. The van der Waals surface area contributed by atoms with Crippen molar-refractivity contribution < 1.29 is 9.53 Å². The number of hydrogen-bond donors (Lipinski definition) is 0. The minimum atomic E-state index is -0.258. The highest BCUT2D eigenvalue weighted by Gasteiger charge is 2.11. The number of nitrogens with zero attached hydrogens (tertiary/aromatic N) is 2. The Balaban J connectivity index is 2.27.